The first-order chi connectivity index (χ1) is 11.8. The molecule has 1 saturated carbocycles. The normalized spacial score (nSPS) is 30.8. The van der Waals surface area contributed by atoms with Crippen LogP contribution in [0.2, 0.25) is 0 Å². The number of hydrogen-bond acceptors (Lipinski definition) is 2. The number of carbonyl (C=O) groups excluding carboxylic acids is 2. The molecule has 3 aliphatic rings. The Morgan fingerprint density at radius 2 is 0.958 bits per heavy atom. The van der Waals surface area contributed by atoms with Crippen LogP contribution in [0.25, 0.3) is 0 Å². The van der Waals surface area contributed by atoms with E-state index in [1.807, 2.05) is 0 Å². The van der Waals surface area contributed by atoms with Crippen LogP contribution >= 0.6 is 0 Å². The lowest BCUT2D eigenvalue weighted by Crippen LogP contribution is -2.50. The number of carbonyl (C=O) groups is 2. The molecule has 5 rings (SSSR count). The van der Waals surface area contributed by atoms with E-state index in [4.69, 9.17) is 0 Å². The van der Waals surface area contributed by atoms with Crippen LogP contribution in [0.15, 0.2) is 48.5 Å². The summed E-state index contributed by atoms with van der Waals surface area (Å²) in [6.45, 7) is 0. The molecule has 2 aromatic carbocycles. The van der Waals surface area contributed by atoms with Gasteiger partial charge in [0.25, 0.3) is 0 Å². The van der Waals surface area contributed by atoms with Gasteiger partial charge in [-0.2, -0.15) is 0 Å². The molecule has 0 bridgehead atoms. The lowest BCUT2D eigenvalue weighted by atomic mass is 9.50. The predicted molar refractivity (Wildman–Crippen MR) is 92.0 cm³/mol. The van der Waals surface area contributed by atoms with Gasteiger partial charge in [0.2, 0.25) is 0 Å². The van der Waals surface area contributed by atoms with E-state index in [1.54, 1.807) is 0 Å². The monoisotopic (exact) mass is 316 g/mol. The number of ketones is 2. The Kier molecular flexibility index (Phi) is 3.03. The van der Waals surface area contributed by atoms with Gasteiger partial charge in [-0.3, -0.25) is 9.59 Å². The minimum Gasteiger partial charge on any atom is -0.299 e. The van der Waals surface area contributed by atoms with E-state index in [2.05, 4.69) is 48.5 Å². The van der Waals surface area contributed by atoms with E-state index < -0.39 is 0 Å². The average Bonchev–Trinajstić information content (AvgIpc) is 2.77. The van der Waals surface area contributed by atoms with E-state index in [9.17, 15) is 9.59 Å². The molecule has 2 heteroatoms. The zero-order valence-corrected chi connectivity index (χ0v) is 13.6. The summed E-state index contributed by atoms with van der Waals surface area (Å²) in [7, 11) is 0. The van der Waals surface area contributed by atoms with Gasteiger partial charge in [0.05, 0.1) is 0 Å². The van der Waals surface area contributed by atoms with Crippen LogP contribution in [0.1, 0.15) is 46.9 Å². The molecule has 1 fully saturated rings. The summed E-state index contributed by atoms with van der Waals surface area (Å²) in [5.74, 6) is 0.763. The van der Waals surface area contributed by atoms with Crippen LogP contribution in [0.3, 0.4) is 0 Å². The lowest BCUT2D eigenvalue weighted by molar-refractivity contribution is -0.141. The topological polar surface area (TPSA) is 34.1 Å². The van der Waals surface area contributed by atoms with E-state index >= 15 is 0 Å². The fraction of sp³-hybridized carbons (Fsp3) is 0.364. The molecule has 24 heavy (non-hydrogen) atoms. The van der Waals surface area contributed by atoms with E-state index in [0.717, 1.165) is 12.8 Å². The highest BCUT2D eigenvalue weighted by Gasteiger charge is 2.59. The molecule has 4 atom stereocenters. The average molecular weight is 316 g/mol. The van der Waals surface area contributed by atoms with Crippen LogP contribution in [-0.4, -0.2) is 11.6 Å². The quantitative estimate of drug-likeness (QED) is 0.740. The molecule has 0 N–H and O–H groups in total. The minimum atomic E-state index is -0.0997. The van der Waals surface area contributed by atoms with Crippen molar-refractivity contribution in [2.24, 2.45) is 11.8 Å². The summed E-state index contributed by atoms with van der Waals surface area (Å²) >= 11 is 0. The van der Waals surface area contributed by atoms with Gasteiger partial charge in [-0.1, -0.05) is 48.5 Å². The maximum Gasteiger partial charge on any atom is 0.137 e. The predicted octanol–water partition coefficient (Wildman–Crippen LogP) is 3.83. The molecule has 2 nitrogen and oxygen atoms in total. The van der Waals surface area contributed by atoms with Gasteiger partial charge in [-0.15, -0.1) is 0 Å². The maximum absolute atomic E-state index is 12.8. The number of aryl methyl sites for hydroxylation is 2. The first kappa shape index (κ1) is 14.2. The third kappa shape index (κ3) is 1.83. The van der Waals surface area contributed by atoms with Crippen LogP contribution in [-0.2, 0) is 22.4 Å². The second-order valence-electron chi connectivity index (χ2n) is 7.43. The zero-order chi connectivity index (χ0) is 16.3. The van der Waals surface area contributed by atoms with Crippen molar-refractivity contribution in [3.63, 3.8) is 0 Å². The number of benzene rings is 2. The van der Waals surface area contributed by atoms with Crippen LogP contribution in [0.5, 0.6) is 0 Å². The summed E-state index contributed by atoms with van der Waals surface area (Å²) in [6.07, 6.45) is 2.79. The highest BCUT2D eigenvalue weighted by molar-refractivity contribution is 5.95. The smallest absolute Gasteiger partial charge is 0.137 e. The Labute approximate surface area is 141 Å². The van der Waals surface area contributed by atoms with E-state index in [-0.39, 0.29) is 23.7 Å². The zero-order valence-electron chi connectivity index (χ0n) is 13.6. The fourth-order valence-electron chi connectivity index (χ4n) is 5.35. The standard InChI is InChI=1S/C22H20O2/c23-17-11-9-13-5-1-3-7-15(13)19-20-16-8-4-2-6-14(16)10-12-18(24)22(20)21(17)19/h1-8,19-22H,9-12H2/t19-,20-,21-,22-/m1/s1. The van der Waals surface area contributed by atoms with Gasteiger partial charge in [-0.25, -0.2) is 0 Å². The molecule has 0 aliphatic heterocycles. The van der Waals surface area contributed by atoms with E-state index in [0.29, 0.717) is 24.4 Å². The molecule has 0 spiro atoms. The van der Waals surface area contributed by atoms with Gasteiger partial charge in [-0.05, 0) is 35.1 Å². The second kappa shape index (κ2) is 5.14. The maximum atomic E-state index is 12.8. The molecule has 0 heterocycles. The molecule has 0 saturated heterocycles. The number of Topliss-reactive ketones (excluding diaryl/α,β-unsaturated/α-hetero) is 2. The van der Waals surface area contributed by atoms with Crippen molar-refractivity contribution in [2.45, 2.75) is 37.5 Å². The first-order valence-corrected chi connectivity index (χ1v) is 8.97. The van der Waals surface area contributed by atoms with Gasteiger partial charge >= 0.3 is 0 Å². The second-order valence-corrected chi connectivity index (χ2v) is 7.43. The fourth-order valence-corrected chi connectivity index (χ4v) is 5.35. The third-order valence-corrected chi connectivity index (χ3v) is 6.40. The molecular formula is C22H20O2. The Bertz CT molecular complexity index is 779. The summed E-state index contributed by atoms with van der Waals surface area (Å²) in [5.41, 5.74) is 5.20. The van der Waals surface area contributed by atoms with Crippen LogP contribution in [0.4, 0.5) is 0 Å². The number of rotatable bonds is 0. The molecule has 0 unspecified atom stereocenters. The highest BCUT2D eigenvalue weighted by Crippen LogP contribution is 2.61. The highest BCUT2D eigenvalue weighted by atomic mass is 16.1. The molecule has 2 aromatic rings. The van der Waals surface area contributed by atoms with Gasteiger partial charge in [0, 0.05) is 36.5 Å². The summed E-state index contributed by atoms with van der Waals surface area (Å²) in [6, 6.07) is 16.9. The van der Waals surface area contributed by atoms with Crippen LogP contribution < -0.4 is 0 Å². The van der Waals surface area contributed by atoms with Crippen molar-refractivity contribution in [3.05, 3.63) is 70.8 Å². The number of hydrogen-bond donors (Lipinski definition) is 0. The van der Waals surface area contributed by atoms with Crippen molar-refractivity contribution in [2.75, 3.05) is 0 Å². The Balaban J connectivity index is 1.71. The molecule has 0 aromatic heterocycles. The summed E-state index contributed by atoms with van der Waals surface area (Å²) in [4.78, 5) is 25.6. The van der Waals surface area contributed by atoms with Crippen molar-refractivity contribution in [1.82, 2.24) is 0 Å². The molecular weight excluding hydrogens is 296 g/mol. The SMILES string of the molecule is O=C1CCc2ccccc2[C@H]2[C@@H]1[C@@H]1C(=O)CCc3ccccc3[C@@H]12. The Morgan fingerprint density at radius 1 is 0.542 bits per heavy atom. The van der Waals surface area contributed by atoms with E-state index in [1.165, 1.54) is 22.3 Å². The minimum absolute atomic E-state index is 0.0997. The van der Waals surface area contributed by atoms with Crippen molar-refractivity contribution in [1.29, 1.82) is 0 Å². The van der Waals surface area contributed by atoms with Gasteiger partial charge in [0.1, 0.15) is 11.6 Å². The number of fused-ring (bicyclic) bond motifs is 8. The first-order valence-electron chi connectivity index (χ1n) is 8.97. The molecule has 3 aliphatic carbocycles. The summed E-state index contributed by atoms with van der Waals surface area (Å²) < 4.78 is 0. The van der Waals surface area contributed by atoms with Crippen molar-refractivity contribution < 1.29 is 9.59 Å². The third-order valence-electron chi connectivity index (χ3n) is 6.40. The molecule has 120 valence electrons. The summed E-state index contributed by atoms with van der Waals surface area (Å²) in [5, 5.41) is 0. The molecule has 0 radical (unpaired) electrons. The largest absolute Gasteiger partial charge is 0.299 e. The Morgan fingerprint density at radius 3 is 1.42 bits per heavy atom. The van der Waals surface area contributed by atoms with Crippen molar-refractivity contribution in [3.8, 4) is 0 Å². The van der Waals surface area contributed by atoms with Crippen LogP contribution in [0, 0.1) is 11.8 Å². The van der Waals surface area contributed by atoms with Gasteiger partial charge in [0.15, 0.2) is 0 Å². The molecule has 0 amide bonds. The Hall–Kier alpha value is -2.22. The lowest BCUT2D eigenvalue weighted by Gasteiger charge is -2.50. The van der Waals surface area contributed by atoms with Crippen molar-refractivity contribution >= 4 is 11.6 Å². The van der Waals surface area contributed by atoms with Gasteiger partial charge < -0.3 is 0 Å².